The van der Waals surface area contributed by atoms with E-state index in [2.05, 4.69) is 15.7 Å². The van der Waals surface area contributed by atoms with Crippen LogP contribution in [0.3, 0.4) is 0 Å². The average Bonchev–Trinajstić information content (AvgIpc) is 2.75. The zero-order valence-corrected chi connectivity index (χ0v) is 17.0. The first-order chi connectivity index (χ1) is 13.9. The van der Waals surface area contributed by atoms with Gasteiger partial charge in [-0.25, -0.2) is 4.79 Å². The molecule has 2 heterocycles. The number of para-hydroxylation sites is 1. The number of hydrogen-bond acceptors (Lipinski definition) is 6. The molecule has 0 bridgehead atoms. The van der Waals surface area contributed by atoms with Crippen LogP contribution in [-0.4, -0.2) is 65.9 Å². The van der Waals surface area contributed by atoms with Gasteiger partial charge in [-0.05, 0) is 19.1 Å². The molecule has 3 rings (SSSR count). The number of anilines is 1. The molecule has 1 fully saturated rings. The van der Waals surface area contributed by atoms with E-state index in [1.165, 1.54) is 11.7 Å². The Hall–Kier alpha value is -2.91. The second kappa shape index (κ2) is 9.06. The number of halogens is 1. The zero-order valence-electron chi connectivity index (χ0n) is 16.3. The van der Waals surface area contributed by atoms with Crippen molar-refractivity contribution in [3.05, 3.63) is 51.9 Å². The van der Waals surface area contributed by atoms with E-state index in [0.29, 0.717) is 37.6 Å². The number of amides is 3. The number of aromatic nitrogens is 2. The molecular weight excluding hydrogens is 396 g/mol. The Morgan fingerprint density at radius 1 is 1.14 bits per heavy atom. The lowest BCUT2D eigenvalue weighted by Gasteiger charge is -2.38. The Labute approximate surface area is 173 Å². The third-order valence-electron chi connectivity index (χ3n) is 4.95. The first kappa shape index (κ1) is 20.8. The van der Waals surface area contributed by atoms with Crippen molar-refractivity contribution < 1.29 is 9.59 Å². The molecular formula is C19H23ClN6O3. The van der Waals surface area contributed by atoms with Crippen molar-refractivity contribution in [3.8, 4) is 5.69 Å². The van der Waals surface area contributed by atoms with Crippen molar-refractivity contribution >= 4 is 29.2 Å². The van der Waals surface area contributed by atoms with Gasteiger partial charge >= 0.3 is 6.03 Å². The fourth-order valence-corrected chi connectivity index (χ4v) is 3.44. The maximum atomic E-state index is 12.7. The Morgan fingerprint density at radius 3 is 2.41 bits per heavy atom. The van der Waals surface area contributed by atoms with Crippen molar-refractivity contribution in [2.75, 3.05) is 38.1 Å². The van der Waals surface area contributed by atoms with Gasteiger partial charge < -0.3 is 10.2 Å². The van der Waals surface area contributed by atoms with Crippen LogP contribution in [0.5, 0.6) is 0 Å². The fourth-order valence-electron chi connectivity index (χ4n) is 3.19. The molecule has 1 aromatic carbocycles. The van der Waals surface area contributed by atoms with Crippen LogP contribution in [0.1, 0.15) is 6.92 Å². The van der Waals surface area contributed by atoms with E-state index in [4.69, 9.17) is 11.6 Å². The van der Waals surface area contributed by atoms with E-state index in [-0.39, 0.29) is 16.5 Å². The van der Waals surface area contributed by atoms with Crippen LogP contribution in [0, 0.1) is 0 Å². The minimum absolute atomic E-state index is 0.114. The quantitative estimate of drug-likeness (QED) is 0.763. The summed E-state index contributed by atoms with van der Waals surface area (Å²) in [7, 11) is 1.45. The normalized spacial score (nSPS) is 15.6. The molecule has 1 atom stereocenters. The number of urea groups is 1. The number of benzene rings is 1. The second-order valence-corrected chi connectivity index (χ2v) is 7.04. The lowest BCUT2D eigenvalue weighted by molar-refractivity contribution is -0.124. The highest BCUT2D eigenvalue weighted by molar-refractivity contribution is 6.33. The minimum Gasteiger partial charge on any atom is -0.366 e. The highest BCUT2D eigenvalue weighted by Crippen LogP contribution is 2.23. The maximum absolute atomic E-state index is 12.7. The van der Waals surface area contributed by atoms with Crippen LogP contribution < -0.4 is 21.1 Å². The second-order valence-electron chi connectivity index (χ2n) is 6.66. The van der Waals surface area contributed by atoms with E-state index in [1.54, 1.807) is 25.3 Å². The predicted molar refractivity (Wildman–Crippen MR) is 111 cm³/mol. The van der Waals surface area contributed by atoms with Crippen LogP contribution in [0.15, 0.2) is 41.3 Å². The van der Waals surface area contributed by atoms with Gasteiger partial charge in [-0.3, -0.25) is 19.8 Å². The van der Waals surface area contributed by atoms with E-state index in [1.807, 2.05) is 28.0 Å². The Balaban J connectivity index is 1.68. The first-order valence-electron chi connectivity index (χ1n) is 9.27. The van der Waals surface area contributed by atoms with Crippen molar-refractivity contribution in [1.82, 2.24) is 25.3 Å². The first-order valence-corrected chi connectivity index (χ1v) is 9.65. The largest absolute Gasteiger partial charge is 0.366 e. The lowest BCUT2D eigenvalue weighted by Crippen LogP contribution is -2.55. The summed E-state index contributed by atoms with van der Waals surface area (Å²) < 4.78 is 1.27. The van der Waals surface area contributed by atoms with Crippen molar-refractivity contribution in [2.45, 2.75) is 13.0 Å². The smallest absolute Gasteiger partial charge is 0.321 e. The number of nitrogens with one attached hydrogen (secondary N) is 2. The molecule has 1 aliphatic heterocycles. The van der Waals surface area contributed by atoms with Gasteiger partial charge in [0.25, 0.3) is 5.56 Å². The van der Waals surface area contributed by atoms with E-state index in [9.17, 15) is 14.4 Å². The third-order valence-corrected chi connectivity index (χ3v) is 5.30. The Kier molecular flexibility index (Phi) is 6.50. The number of piperazine rings is 1. The molecule has 2 aromatic rings. The number of nitrogens with zero attached hydrogens (tertiary/aromatic N) is 4. The molecule has 10 heteroatoms. The molecule has 9 nitrogen and oxygen atoms in total. The lowest BCUT2D eigenvalue weighted by atomic mass is 10.2. The van der Waals surface area contributed by atoms with Gasteiger partial charge in [0.2, 0.25) is 5.91 Å². The fraction of sp³-hybridized carbons (Fsp3) is 0.368. The van der Waals surface area contributed by atoms with Gasteiger partial charge in [0.1, 0.15) is 5.02 Å². The summed E-state index contributed by atoms with van der Waals surface area (Å²) in [6, 6.07) is 8.10. The predicted octanol–water partition coefficient (Wildman–Crippen LogP) is 0.852. The molecule has 1 aromatic heterocycles. The standard InChI is InChI=1S/C19H23ClN6O3/c1-13(17(27)23-19(29)21-2)24-8-10-25(11-9-24)15-12-22-26(18(28)16(15)20)14-6-4-3-5-7-14/h3-7,12-13H,8-11H2,1-2H3,(H2,21,23,27,29). The molecule has 0 aliphatic carbocycles. The van der Waals surface area contributed by atoms with Gasteiger partial charge in [0, 0.05) is 33.2 Å². The molecule has 0 spiro atoms. The van der Waals surface area contributed by atoms with Crippen molar-refractivity contribution in [2.24, 2.45) is 0 Å². The number of imide groups is 1. The molecule has 154 valence electrons. The SMILES string of the molecule is CNC(=O)NC(=O)C(C)N1CCN(c2cnn(-c3ccccc3)c(=O)c2Cl)CC1. The van der Waals surface area contributed by atoms with Gasteiger partial charge in [0.05, 0.1) is 23.6 Å². The van der Waals surface area contributed by atoms with Crippen LogP contribution in [-0.2, 0) is 4.79 Å². The summed E-state index contributed by atoms with van der Waals surface area (Å²) in [5.41, 5.74) is 0.841. The van der Waals surface area contributed by atoms with E-state index >= 15 is 0 Å². The summed E-state index contributed by atoms with van der Waals surface area (Å²) in [6.07, 6.45) is 1.59. The van der Waals surface area contributed by atoms with E-state index in [0.717, 1.165) is 0 Å². The molecule has 0 saturated carbocycles. The number of rotatable bonds is 4. The molecule has 1 saturated heterocycles. The average molecular weight is 419 g/mol. The summed E-state index contributed by atoms with van der Waals surface area (Å²) in [6.45, 7) is 4.08. The molecule has 29 heavy (non-hydrogen) atoms. The molecule has 3 amide bonds. The molecule has 0 radical (unpaired) electrons. The number of hydrogen-bond donors (Lipinski definition) is 2. The monoisotopic (exact) mass is 418 g/mol. The van der Waals surface area contributed by atoms with Crippen LogP contribution in [0.2, 0.25) is 5.02 Å². The Bertz CT molecular complexity index is 941. The van der Waals surface area contributed by atoms with Gasteiger partial charge in [-0.15, -0.1) is 0 Å². The van der Waals surface area contributed by atoms with Crippen molar-refractivity contribution in [3.63, 3.8) is 0 Å². The molecule has 1 unspecified atom stereocenters. The topological polar surface area (TPSA) is 99.6 Å². The van der Waals surface area contributed by atoms with E-state index < -0.39 is 12.1 Å². The van der Waals surface area contributed by atoms with Crippen LogP contribution in [0.4, 0.5) is 10.5 Å². The highest BCUT2D eigenvalue weighted by atomic mass is 35.5. The number of carbonyl (C=O) groups is 2. The molecule has 2 N–H and O–H groups in total. The van der Waals surface area contributed by atoms with Gasteiger partial charge in [-0.1, -0.05) is 29.8 Å². The Morgan fingerprint density at radius 2 is 1.79 bits per heavy atom. The van der Waals surface area contributed by atoms with Gasteiger partial charge in [0.15, 0.2) is 0 Å². The van der Waals surface area contributed by atoms with Crippen LogP contribution in [0.25, 0.3) is 5.69 Å². The number of carbonyl (C=O) groups excluding carboxylic acids is 2. The third kappa shape index (κ3) is 4.57. The van der Waals surface area contributed by atoms with Crippen molar-refractivity contribution in [1.29, 1.82) is 0 Å². The zero-order chi connectivity index (χ0) is 21.0. The van der Waals surface area contributed by atoms with Crippen LogP contribution >= 0.6 is 11.6 Å². The summed E-state index contributed by atoms with van der Waals surface area (Å²) in [5, 5.41) is 9.03. The summed E-state index contributed by atoms with van der Waals surface area (Å²) in [5.74, 6) is -0.358. The highest BCUT2D eigenvalue weighted by Gasteiger charge is 2.28. The molecule has 1 aliphatic rings. The van der Waals surface area contributed by atoms with Gasteiger partial charge in [-0.2, -0.15) is 9.78 Å². The minimum atomic E-state index is -0.530. The summed E-state index contributed by atoms with van der Waals surface area (Å²) >= 11 is 6.37. The summed E-state index contributed by atoms with van der Waals surface area (Å²) in [4.78, 5) is 40.1. The maximum Gasteiger partial charge on any atom is 0.321 e.